The number of anilines is 2. The van der Waals surface area contributed by atoms with E-state index in [0.29, 0.717) is 11.4 Å². The molecule has 2 aromatic rings. The molecular weight excluding hydrogens is 327 g/mol. The fourth-order valence-corrected chi connectivity index (χ4v) is 2.69. The van der Waals surface area contributed by atoms with Crippen LogP contribution in [0.15, 0.2) is 48.5 Å². The van der Waals surface area contributed by atoms with E-state index in [4.69, 9.17) is 5.11 Å². The average Bonchev–Trinajstić information content (AvgIpc) is 2.98. The molecule has 1 fully saturated rings. The first-order chi connectivity index (χ1) is 11.9. The molecule has 0 aliphatic carbocycles. The van der Waals surface area contributed by atoms with Crippen molar-refractivity contribution < 1.29 is 23.9 Å². The molecule has 1 atom stereocenters. The monoisotopic (exact) mass is 342 g/mol. The highest BCUT2D eigenvalue weighted by Gasteiger charge is 2.35. The minimum absolute atomic E-state index is 0.0659. The number of carbonyl (C=O) groups is 3. The minimum atomic E-state index is -1.05. The zero-order valence-corrected chi connectivity index (χ0v) is 13.1. The fourth-order valence-electron chi connectivity index (χ4n) is 2.69. The van der Waals surface area contributed by atoms with Crippen molar-refractivity contribution in [1.82, 2.24) is 0 Å². The van der Waals surface area contributed by atoms with Crippen LogP contribution >= 0.6 is 0 Å². The molecular formula is C18H15FN2O4. The first-order valence-corrected chi connectivity index (χ1v) is 7.64. The number of benzene rings is 2. The van der Waals surface area contributed by atoms with Crippen LogP contribution in [0.2, 0.25) is 0 Å². The quantitative estimate of drug-likeness (QED) is 0.894. The second-order valence-electron chi connectivity index (χ2n) is 5.75. The van der Waals surface area contributed by atoms with E-state index in [-0.39, 0.29) is 30.3 Å². The first kappa shape index (κ1) is 16.6. The van der Waals surface area contributed by atoms with Crippen molar-refractivity contribution in [1.29, 1.82) is 0 Å². The largest absolute Gasteiger partial charge is 0.478 e. The number of carboxylic acids is 1. The van der Waals surface area contributed by atoms with Gasteiger partial charge in [0.15, 0.2) is 0 Å². The van der Waals surface area contributed by atoms with Gasteiger partial charge in [-0.2, -0.15) is 0 Å². The molecule has 0 unspecified atom stereocenters. The minimum Gasteiger partial charge on any atom is -0.478 e. The van der Waals surface area contributed by atoms with Gasteiger partial charge in [0.25, 0.3) is 0 Å². The normalized spacial score (nSPS) is 16.8. The summed E-state index contributed by atoms with van der Waals surface area (Å²) in [5, 5.41) is 11.5. The van der Waals surface area contributed by atoms with Crippen molar-refractivity contribution in [2.75, 3.05) is 16.8 Å². The van der Waals surface area contributed by atoms with Crippen LogP contribution in [0.25, 0.3) is 0 Å². The zero-order chi connectivity index (χ0) is 18.0. The van der Waals surface area contributed by atoms with E-state index in [1.54, 1.807) is 0 Å². The molecule has 0 aromatic heterocycles. The predicted octanol–water partition coefficient (Wildman–Crippen LogP) is 2.52. The average molecular weight is 342 g/mol. The second kappa shape index (κ2) is 6.72. The third kappa shape index (κ3) is 3.65. The summed E-state index contributed by atoms with van der Waals surface area (Å²) in [5.41, 5.74) is 1.13. The smallest absolute Gasteiger partial charge is 0.335 e. The van der Waals surface area contributed by atoms with E-state index >= 15 is 0 Å². The van der Waals surface area contributed by atoms with Gasteiger partial charge in [0.1, 0.15) is 5.82 Å². The van der Waals surface area contributed by atoms with Gasteiger partial charge in [-0.15, -0.1) is 0 Å². The van der Waals surface area contributed by atoms with Crippen LogP contribution in [0, 0.1) is 11.7 Å². The number of carboxylic acid groups (broad SMARTS) is 1. The van der Waals surface area contributed by atoms with Crippen molar-refractivity contribution in [2.45, 2.75) is 6.42 Å². The highest BCUT2D eigenvalue weighted by atomic mass is 19.1. The van der Waals surface area contributed by atoms with E-state index in [0.717, 1.165) is 0 Å². The van der Waals surface area contributed by atoms with Crippen LogP contribution in [-0.4, -0.2) is 29.4 Å². The lowest BCUT2D eigenvalue weighted by Gasteiger charge is -2.16. The Bertz CT molecular complexity index is 818. The highest BCUT2D eigenvalue weighted by Crippen LogP contribution is 2.26. The summed E-state index contributed by atoms with van der Waals surface area (Å²) in [4.78, 5) is 36.8. The number of rotatable bonds is 4. The summed E-state index contributed by atoms with van der Waals surface area (Å²) in [6, 6.07) is 11.3. The standard InChI is InChI=1S/C18H15FN2O4/c19-13-3-7-15(8-4-13)21-10-12(9-16(21)22)17(23)20-14-5-1-11(2-6-14)18(24)25/h1-8,12H,9-10H2,(H,20,23)(H,24,25)/t12-/m1/s1. The number of aromatic carboxylic acids is 1. The van der Waals surface area contributed by atoms with Crippen molar-refractivity contribution in [2.24, 2.45) is 5.92 Å². The molecule has 6 nitrogen and oxygen atoms in total. The molecule has 0 saturated carbocycles. The van der Waals surface area contributed by atoms with Gasteiger partial charge in [0, 0.05) is 24.3 Å². The van der Waals surface area contributed by atoms with E-state index in [1.807, 2.05) is 0 Å². The Morgan fingerprint density at radius 2 is 1.72 bits per heavy atom. The van der Waals surface area contributed by atoms with Crippen LogP contribution in [-0.2, 0) is 9.59 Å². The number of nitrogens with one attached hydrogen (secondary N) is 1. The number of hydrogen-bond acceptors (Lipinski definition) is 3. The Morgan fingerprint density at radius 1 is 1.08 bits per heavy atom. The van der Waals surface area contributed by atoms with Gasteiger partial charge < -0.3 is 15.3 Å². The number of hydrogen-bond donors (Lipinski definition) is 2. The summed E-state index contributed by atoms with van der Waals surface area (Å²) < 4.78 is 13.0. The predicted molar refractivity (Wildman–Crippen MR) is 88.9 cm³/mol. The number of nitrogens with zero attached hydrogens (tertiary/aromatic N) is 1. The van der Waals surface area contributed by atoms with E-state index in [1.165, 1.54) is 53.4 Å². The summed E-state index contributed by atoms with van der Waals surface area (Å²) >= 11 is 0. The lowest BCUT2D eigenvalue weighted by atomic mass is 10.1. The number of halogens is 1. The molecule has 25 heavy (non-hydrogen) atoms. The van der Waals surface area contributed by atoms with Gasteiger partial charge >= 0.3 is 5.97 Å². The Morgan fingerprint density at radius 3 is 2.32 bits per heavy atom. The van der Waals surface area contributed by atoms with Gasteiger partial charge in [-0.25, -0.2) is 9.18 Å². The maximum atomic E-state index is 13.0. The van der Waals surface area contributed by atoms with E-state index < -0.39 is 17.7 Å². The molecule has 1 saturated heterocycles. The van der Waals surface area contributed by atoms with Gasteiger partial charge in [-0.05, 0) is 48.5 Å². The fraction of sp³-hybridized carbons (Fsp3) is 0.167. The van der Waals surface area contributed by atoms with Gasteiger partial charge in [0.05, 0.1) is 11.5 Å². The van der Waals surface area contributed by atoms with Crippen molar-refractivity contribution in [3.8, 4) is 0 Å². The summed E-state index contributed by atoms with van der Waals surface area (Å²) in [7, 11) is 0. The Labute approximate surface area is 142 Å². The van der Waals surface area contributed by atoms with E-state index in [9.17, 15) is 18.8 Å². The van der Waals surface area contributed by atoms with Crippen LogP contribution in [0.5, 0.6) is 0 Å². The molecule has 128 valence electrons. The topological polar surface area (TPSA) is 86.7 Å². The van der Waals surface area contributed by atoms with Gasteiger partial charge in [0.2, 0.25) is 11.8 Å². The van der Waals surface area contributed by atoms with Crippen LogP contribution in [0.4, 0.5) is 15.8 Å². The van der Waals surface area contributed by atoms with Crippen molar-refractivity contribution in [3.05, 3.63) is 59.9 Å². The molecule has 0 spiro atoms. The Hall–Kier alpha value is -3.22. The molecule has 2 N–H and O–H groups in total. The van der Waals surface area contributed by atoms with Gasteiger partial charge in [-0.3, -0.25) is 9.59 Å². The maximum Gasteiger partial charge on any atom is 0.335 e. The lowest BCUT2D eigenvalue weighted by molar-refractivity contribution is -0.122. The zero-order valence-electron chi connectivity index (χ0n) is 13.1. The van der Waals surface area contributed by atoms with Crippen LogP contribution in [0.3, 0.4) is 0 Å². The number of carbonyl (C=O) groups excluding carboxylic acids is 2. The molecule has 0 bridgehead atoms. The summed E-state index contributed by atoms with van der Waals surface area (Å²) in [6.07, 6.45) is 0.0659. The maximum absolute atomic E-state index is 13.0. The summed E-state index contributed by atoms with van der Waals surface area (Å²) in [6.45, 7) is 0.212. The molecule has 1 aliphatic heterocycles. The van der Waals surface area contributed by atoms with Crippen molar-refractivity contribution >= 4 is 29.2 Å². The van der Waals surface area contributed by atoms with Gasteiger partial charge in [-0.1, -0.05) is 0 Å². The molecule has 3 rings (SSSR count). The molecule has 7 heteroatoms. The third-order valence-corrected chi connectivity index (χ3v) is 4.03. The molecule has 2 amide bonds. The third-order valence-electron chi connectivity index (χ3n) is 4.03. The summed E-state index contributed by atoms with van der Waals surface area (Å²) in [5.74, 6) is -2.49. The lowest BCUT2D eigenvalue weighted by Crippen LogP contribution is -2.28. The first-order valence-electron chi connectivity index (χ1n) is 7.64. The molecule has 1 heterocycles. The second-order valence-corrected chi connectivity index (χ2v) is 5.75. The van der Waals surface area contributed by atoms with Crippen molar-refractivity contribution in [3.63, 3.8) is 0 Å². The van der Waals surface area contributed by atoms with Crippen LogP contribution in [0.1, 0.15) is 16.8 Å². The Balaban J connectivity index is 1.66. The highest BCUT2D eigenvalue weighted by molar-refractivity contribution is 6.03. The SMILES string of the molecule is O=C(O)c1ccc(NC(=O)[C@@H]2CC(=O)N(c3ccc(F)cc3)C2)cc1. The molecule has 1 aliphatic rings. The number of amides is 2. The van der Waals surface area contributed by atoms with Crippen LogP contribution < -0.4 is 10.2 Å². The Kier molecular flexibility index (Phi) is 4.47. The molecule has 2 aromatic carbocycles. The van der Waals surface area contributed by atoms with E-state index in [2.05, 4.69) is 5.32 Å². The molecule has 0 radical (unpaired) electrons.